The van der Waals surface area contributed by atoms with Gasteiger partial charge in [-0.3, -0.25) is 29.9 Å². The van der Waals surface area contributed by atoms with Crippen molar-refractivity contribution < 1.29 is 24.1 Å². The zero-order valence-corrected chi connectivity index (χ0v) is 18.8. The number of carbonyl (C=O) groups is 4. The number of hydrogen-bond acceptors (Lipinski definition) is 6. The van der Waals surface area contributed by atoms with E-state index in [2.05, 4.69) is 16.0 Å². The molecule has 0 aromatic heterocycles. The van der Waals surface area contributed by atoms with Crippen LogP contribution in [0.4, 0.5) is 15.3 Å². The van der Waals surface area contributed by atoms with Crippen LogP contribution in [0.3, 0.4) is 0 Å². The van der Waals surface area contributed by atoms with Gasteiger partial charge in [0.25, 0.3) is 11.6 Å². The molecule has 4 saturated carbocycles. The molecule has 6 rings (SSSR count). The lowest BCUT2D eigenvalue weighted by Crippen LogP contribution is -2.62. The molecule has 1 heterocycles. The van der Waals surface area contributed by atoms with Crippen molar-refractivity contribution in [3.63, 3.8) is 0 Å². The molecule has 1 saturated heterocycles. The molecule has 5 aliphatic rings. The number of benzene rings is 1. The van der Waals surface area contributed by atoms with E-state index in [-0.39, 0.29) is 11.2 Å². The fourth-order valence-corrected chi connectivity index (χ4v) is 6.80. The van der Waals surface area contributed by atoms with Gasteiger partial charge in [0, 0.05) is 17.7 Å². The minimum absolute atomic E-state index is 0.148. The van der Waals surface area contributed by atoms with E-state index in [0.29, 0.717) is 23.3 Å². The maximum Gasteiger partial charge on any atom is 0.325 e. The number of nitrogens with zero attached hydrogens (tertiary/aromatic N) is 2. The number of imide groups is 2. The fourth-order valence-electron chi connectivity index (χ4n) is 6.80. The Balaban J connectivity index is 1.21. The van der Waals surface area contributed by atoms with E-state index in [0.717, 1.165) is 24.2 Å². The van der Waals surface area contributed by atoms with Gasteiger partial charge in [-0.1, -0.05) is 0 Å². The van der Waals surface area contributed by atoms with Crippen LogP contribution in [0, 0.1) is 27.9 Å². The molecule has 1 aliphatic heterocycles. The van der Waals surface area contributed by atoms with Crippen molar-refractivity contribution in [2.45, 2.75) is 56.5 Å². The van der Waals surface area contributed by atoms with Gasteiger partial charge >= 0.3 is 12.1 Å². The van der Waals surface area contributed by atoms with E-state index in [9.17, 15) is 29.3 Å². The molecule has 11 nitrogen and oxygen atoms in total. The molecular weight excluding hydrogens is 442 g/mol. The first kappa shape index (κ1) is 22.3. The van der Waals surface area contributed by atoms with Crippen LogP contribution in [-0.2, 0) is 15.1 Å². The molecule has 5 fully saturated rings. The summed E-state index contributed by atoms with van der Waals surface area (Å²) in [6.45, 7) is 0.855. The lowest BCUT2D eigenvalue weighted by atomic mass is 9.53. The smallest absolute Gasteiger partial charge is 0.325 e. The largest absolute Gasteiger partial charge is 0.332 e. The Morgan fingerprint density at radius 1 is 1.09 bits per heavy atom. The molecule has 1 aromatic carbocycles. The van der Waals surface area contributed by atoms with Crippen LogP contribution in [0.5, 0.6) is 0 Å². The first-order chi connectivity index (χ1) is 16.1. The predicted octanol–water partition coefficient (Wildman–Crippen LogP) is 2.16. The highest BCUT2D eigenvalue weighted by atomic mass is 16.6. The second kappa shape index (κ2) is 7.78. The second-order valence-electron chi connectivity index (χ2n) is 10.5. The maximum atomic E-state index is 13.0. The number of amides is 6. The lowest BCUT2D eigenvalue weighted by Gasteiger charge is -2.56. The van der Waals surface area contributed by atoms with Crippen molar-refractivity contribution in [1.29, 1.82) is 0 Å². The number of carbonyl (C=O) groups excluding carboxylic acids is 4. The van der Waals surface area contributed by atoms with Crippen LogP contribution in [-0.4, -0.2) is 45.8 Å². The van der Waals surface area contributed by atoms with Gasteiger partial charge in [0.2, 0.25) is 5.91 Å². The van der Waals surface area contributed by atoms with E-state index in [1.165, 1.54) is 50.5 Å². The van der Waals surface area contributed by atoms with Crippen molar-refractivity contribution in [1.82, 2.24) is 20.9 Å². The summed E-state index contributed by atoms with van der Waals surface area (Å²) in [6.07, 6.45) is 6.47. The number of non-ortho nitro benzene ring substituents is 1. The molecule has 34 heavy (non-hydrogen) atoms. The third-order valence-electron chi connectivity index (χ3n) is 7.90. The van der Waals surface area contributed by atoms with Gasteiger partial charge < -0.3 is 10.6 Å². The molecule has 6 amide bonds. The van der Waals surface area contributed by atoms with Gasteiger partial charge in [0.15, 0.2) is 0 Å². The van der Waals surface area contributed by atoms with Crippen molar-refractivity contribution in [3.05, 3.63) is 39.9 Å². The van der Waals surface area contributed by atoms with Gasteiger partial charge in [-0.25, -0.2) is 9.59 Å². The number of urea groups is 2. The quantitative estimate of drug-likeness (QED) is 0.342. The van der Waals surface area contributed by atoms with Crippen LogP contribution >= 0.6 is 0 Å². The molecule has 1 unspecified atom stereocenters. The zero-order valence-electron chi connectivity index (χ0n) is 18.8. The summed E-state index contributed by atoms with van der Waals surface area (Å²) in [6, 6.07) is 3.88. The van der Waals surface area contributed by atoms with E-state index in [1.807, 2.05) is 0 Å². The lowest BCUT2D eigenvalue weighted by molar-refractivity contribution is -0.384. The van der Waals surface area contributed by atoms with Gasteiger partial charge in [-0.2, -0.15) is 0 Å². The Labute approximate surface area is 195 Å². The Hall–Kier alpha value is -3.50. The summed E-state index contributed by atoms with van der Waals surface area (Å²) in [4.78, 5) is 61.7. The van der Waals surface area contributed by atoms with E-state index in [1.54, 1.807) is 0 Å². The Bertz CT molecular complexity index is 1050. The molecule has 4 bridgehead atoms. The normalized spacial score (nSPS) is 33.6. The first-order valence-electron chi connectivity index (χ1n) is 11.6. The summed E-state index contributed by atoms with van der Waals surface area (Å²) in [5, 5.41) is 18.7. The molecule has 0 radical (unpaired) electrons. The van der Waals surface area contributed by atoms with Gasteiger partial charge in [0.1, 0.15) is 12.1 Å². The molecule has 1 atom stereocenters. The first-order valence-corrected chi connectivity index (χ1v) is 11.6. The van der Waals surface area contributed by atoms with Crippen molar-refractivity contribution in [2.75, 3.05) is 6.54 Å². The highest BCUT2D eigenvalue weighted by Gasteiger charge is 2.52. The number of nitrogens with one attached hydrogen (secondary N) is 3. The van der Waals surface area contributed by atoms with Gasteiger partial charge in [0.05, 0.1) is 4.92 Å². The van der Waals surface area contributed by atoms with Crippen molar-refractivity contribution >= 4 is 29.6 Å². The van der Waals surface area contributed by atoms with Gasteiger partial charge in [-0.15, -0.1) is 0 Å². The molecule has 0 spiro atoms. The highest BCUT2D eigenvalue weighted by molar-refractivity contribution is 6.10. The minimum atomic E-state index is -1.48. The monoisotopic (exact) mass is 469 g/mol. The summed E-state index contributed by atoms with van der Waals surface area (Å²) < 4.78 is 0. The molecule has 1 aromatic rings. The average molecular weight is 469 g/mol. The predicted molar refractivity (Wildman–Crippen MR) is 118 cm³/mol. The van der Waals surface area contributed by atoms with Gasteiger partial charge in [-0.05, 0) is 80.9 Å². The molecule has 3 N–H and O–H groups in total. The second-order valence-corrected chi connectivity index (χ2v) is 10.5. The topological polar surface area (TPSA) is 151 Å². The summed E-state index contributed by atoms with van der Waals surface area (Å²) in [7, 11) is 0. The Morgan fingerprint density at radius 3 is 2.18 bits per heavy atom. The maximum absolute atomic E-state index is 13.0. The zero-order chi connectivity index (χ0) is 24.3. The van der Waals surface area contributed by atoms with Crippen LogP contribution in [0.25, 0.3) is 0 Å². The van der Waals surface area contributed by atoms with Crippen molar-refractivity contribution in [3.8, 4) is 0 Å². The Morgan fingerprint density at radius 2 is 1.65 bits per heavy atom. The molecule has 180 valence electrons. The summed E-state index contributed by atoms with van der Waals surface area (Å²) in [5.74, 6) is 0.447. The van der Waals surface area contributed by atoms with E-state index >= 15 is 0 Å². The van der Waals surface area contributed by atoms with E-state index in [4.69, 9.17) is 0 Å². The Kier molecular flexibility index (Phi) is 5.10. The molecule has 4 aliphatic carbocycles. The molecular formula is C23H27N5O6. The van der Waals surface area contributed by atoms with E-state index < -0.39 is 40.9 Å². The van der Waals surface area contributed by atoms with Crippen molar-refractivity contribution in [2.24, 2.45) is 17.8 Å². The van der Waals surface area contributed by atoms with Crippen LogP contribution in [0.15, 0.2) is 24.3 Å². The molecule has 11 heteroatoms. The fraction of sp³-hybridized carbons (Fsp3) is 0.565. The summed E-state index contributed by atoms with van der Waals surface area (Å²) >= 11 is 0. The van der Waals surface area contributed by atoms with Crippen LogP contribution in [0.2, 0.25) is 0 Å². The van der Waals surface area contributed by atoms with Crippen LogP contribution in [0.1, 0.15) is 51.0 Å². The highest BCUT2D eigenvalue weighted by Crippen LogP contribution is 2.55. The number of nitro groups is 1. The minimum Gasteiger partial charge on any atom is -0.332 e. The van der Waals surface area contributed by atoms with Crippen LogP contribution < -0.4 is 16.0 Å². The third kappa shape index (κ3) is 3.78. The average Bonchev–Trinajstić information content (AvgIpc) is 2.96. The third-order valence-corrected chi connectivity index (χ3v) is 7.90. The SMILES string of the molecule is CC1(c2ccc([N+](=O)[O-])cc2)NC(=O)N(CC(=O)NC(=O)NC23CC4CC(CC(C4)C2)C3)C1=O. The summed E-state index contributed by atoms with van der Waals surface area (Å²) in [5.41, 5.74) is -1.55. The number of rotatable bonds is 5. The number of nitro benzene ring substituents is 1. The standard InChI is InChI=1S/C23H27N5O6/c1-22(16-2-4-17(5-3-16)28(33)34)19(30)27(21(32)26-22)12-18(29)24-20(31)25-23-9-13-6-14(10-23)8-15(7-13)11-23/h2-5,13-15H,6-12H2,1H3,(H,26,32)(H2,24,25,29,31). The number of hydrogen-bond donors (Lipinski definition) is 3.